The third kappa shape index (κ3) is 4.42. The molecule has 0 amide bonds. The summed E-state index contributed by atoms with van der Waals surface area (Å²) in [4.78, 5) is 13.3. The Morgan fingerprint density at radius 1 is 1.04 bits per heavy atom. The molecule has 0 aliphatic heterocycles. The molecular formula is C18H22N4S. The number of hydrogen-bond acceptors (Lipinski definition) is 4. The predicted molar refractivity (Wildman–Crippen MR) is 96.3 cm³/mol. The molecule has 0 bridgehead atoms. The molecule has 0 radical (unpaired) electrons. The lowest BCUT2D eigenvalue weighted by molar-refractivity contribution is 0.898. The van der Waals surface area contributed by atoms with Gasteiger partial charge in [-0.3, -0.25) is 0 Å². The number of aromatic nitrogens is 4. The molecule has 3 rings (SSSR count). The molecule has 0 spiro atoms. The molecule has 0 N–H and O–H groups in total. The summed E-state index contributed by atoms with van der Waals surface area (Å²) in [5.74, 6) is 0.870. The molecule has 0 saturated carbocycles. The Morgan fingerprint density at radius 2 is 1.78 bits per heavy atom. The maximum Gasteiger partial charge on any atom is 0.188 e. The monoisotopic (exact) mass is 326 g/mol. The van der Waals surface area contributed by atoms with Gasteiger partial charge in [0, 0.05) is 19.0 Å². The van der Waals surface area contributed by atoms with E-state index in [1.54, 1.807) is 11.8 Å². The zero-order chi connectivity index (χ0) is 16.7. The highest BCUT2D eigenvalue weighted by atomic mass is 32.2. The fourth-order valence-electron chi connectivity index (χ4n) is 2.18. The number of nitrogens with zero attached hydrogens (tertiary/aromatic N) is 4. The lowest BCUT2D eigenvalue weighted by Crippen LogP contribution is -1.96. The van der Waals surface area contributed by atoms with Crippen molar-refractivity contribution in [3.8, 4) is 11.4 Å². The van der Waals surface area contributed by atoms with E-state index < -0.39 is 0 Å². The summed E-state index contributed by atoms with van der Waals surface area (Å²) >= 11 is 1.64. The number of imidazole rings is 1. The van der Waals surface area contributed by atoms with Crippen molar-refractivity contribution in [1.82, 2.24) is 19.5 Å². The van der Waals surface area contributed by atoms with Gasteiger partial charge in [0.2, 0.25) is 0 Å². The molecule has 4 nitrogen and oxygen atoms in total. The molecule has 23 heavy (non-hydrogen) atoms. The molecule has 0 saturated heterocycles. The van der Waals surface area contributed by atoms with E-state index in [0.29, 0.717) is 0 Å². The van der Waals surface area contributed by atoms with Crippen molar-refractivity contribution in [1.29, 1.82) is 0 Å². The van der Waals surface area contributed by atoms with E-state index in [-0.39, 0.29) is 0 Å². The van der Waals surface area contributed by atoms with Crippen LogP contribution >= 0.6 is 11.8 Å². The van der Waals surface area contributed by atoms with Crippen LogP contribution < -0.4 is 0 Å². The van der Waals surface area contributed by atoms with E-state index in [4.69, 9.17) is 0 Å². The van der Waals surface area contributed by atoms with Crippen LogP contribution in [0, 0.1) is 6.92 Å². The molecule has 0 unspecified atom stereocenters. The van der Waals surface area contributed by atoms with Crippen molar-refractivity contribution in [2.45, 2.75) is 31.7 Å². The fourth-order valence-corrected chi connectivity index (χ4v) is 2.96. The second kappa shape index (κ2) is 8.48. The van der Waals surface area contributed by atoms with E-state index in [1.807, 2.05) is 69.2 Å². The molecule has 1 aromatic carbocycles. The van der Waals surface area contributed by atoms with Crippen LogP contribution in [0.3, 0.4) is 0 Å². The highest BCUT2D eigenvalue weighted by molar-refractivity contribution is 7.98. The van der Waals surface area contributed by atoms with Gasteiger partial charge in [-0.25, -0.2) is 15.0 Å². The number of aryl methyl sites for hydroxylation is 2. The van der Waals surface area contributed by atoms with Gasteiger partial charge in [0.1, 0.15) is 0 Å². The maximum atomic E-state index is 4.64. The maximum absolute atomic E-state index is 4.64. The van der Waals surface area contributed by atoms with Crippen molar-refractivity contribution in [3.63, 3.8) is 0 Å². The number of hydrogen-bond donors (Lipinski definition) is 0. The lowest BCUT2D eigenvalue weighted by Gasteiger charge is -2.05. The van der Waals surface area contributed by atoms with E-state index in [9.17, 15) is 0 Å². The van der Waals surface area contributed by atoms with Gasteiger partial charge in [-0.05, 0) is 18.6 Å². The first-order valence-corrected chi connectivity index (χ1v) is 8.70. The largest absolute Gasteiger partial charge is 0.332 e. The van der Waals surface area contributed by atoms with Gasteiger partial charge in [0.05, 0.1) is 23.4 Å². The Kier molecular flexibility index (Phi) is 6.35. The van der Waals surface area contributed by atoms with Gasteiger partial charge < -0.3 is 4.57 Å². The molecule has 5 heteroatoms. The topological polar surface area (TPSA) is 43.6 Å². The highest BCUT2D eigenvalue weighted by Crippen LogP contribution is 2.24. The minimum Gasteiger partial charge on any atom is -0.332 e. The Hall–Kier alpha value is -2.14. The summed E-state index contributed by atoms with van der Waals surface area (Å²) < 4.78 is 1.99. The van der Waals surface area contributed by atoms with Crippen molar-refractivity contribution >= 4 is 11.8 Å². The van der Waals surface area contributed by atoms with Gasteiger partial charge in [-0.2, -0.15) is 0 Å². The number of rotatable bonds is 4. The van der Waals surface area contributed by atoms with Gasteiger partial charge in [-0.1, -0.05) is 55.9 Å². The van der Waals surface area contributed by atoms with Crippen LogP contribution in [0.5, 0.6) is 0 Å². The average molecular weight is 326 g/mol. The minimum absolute atomic E-state index is 0.789. The average Bonchev–Trinajstić information content (AvgIpc) is 2.95. The van der Waals surface area contributed by atoms with Crippen LogP contribution in [0.1, 0.15) is 25.1 Å². The molecule has 0 aliphatic carbocycles. The van der Waals surface area contributed by atoms with Gasteiger partial charge in [0.25, 0.3) is 0 Å². The van der Waals surface area contributed by atoms with Crippen molar-refractivity contribution in [2.24, 2.45) is 7.05 Å². The van der Waals surface area contributed by atoms with Crippen LogP contribution in [-0.2, 0) is 12.8 Å². The van der Waals surface area contributed by atoms with Crippen LogP contribution in [0.15, 0.2) is 54.1 Å². The Morgan fingerprint density at radius 3 is 2.43 bits per heavy atom. The van der Waals surface area contributed by atoms with E-state index in [0.717, 1.165) is 28.0 Å². The quantitative estimate of drug-likeness (QED) is 0.523. The lowest BCUT2D eigenvalue weighted by atomic mass is 10.2. The van der Waals surface area contributed by atoms with Crippen molar-refractivity contribution < 1.29 is 0 Å². The smallest absolute Gasteiger partial charge is 0.188 e. The second-order valence-electron chi connectivity index (χ2n) is 4.79. The predicted octanol–water partition coefficient (Wildman–Crippen LogP) is 4.50. The summed E-state index contributed by atoms with van der Waals surface area (Å²) in [6.45, 7) is 5.99. The number of benzene rings is 1. The minimum atomic E-state index is 0.789. The molecular weight excluding hydrogens is 304 g/mol. The fraction of sp³-hybridized carbons (Fsp3) is 0.278. The van der Waals surface area contributed by atoms with Crippen LogP contribution in [0.25, 0.3) is 11.4 Å². The molecule has 0 aliphatic rings. The molecule has 120 valence electrons. The van der Waals surface area contributed by atoms with Crippen LogP contribution in [-0.4, -0.2) is 19.5 Å². The highest BCUT2D eigenvalue weighted by Gasteiger charge is 2.10. The molecule has 2 aromatic heterocycles. The van der Waals surface area contributed by atoms with Crippen molar-refractivity contribution in [3.05, 3.63) is 60.2 Å². The first-order chi connectivity index (χ1) is 11.2. The third-order valence-electron chi connectivity index (χ3n) is 3.21. The van der Waals surface area contributed by atoms with Crippen LogP contribution in [0.2, 0.25) is 0 Å². The standard InChI is InChI=1S/C16H16N4S.C2H6/c1-12-15(20(2)11-18-12)14-8-9-17-16(19-14)21-10-13-6-4-3-5-7-13;1-2/h3-9,11H,10H2,1-2H3;1-2H3. The molecule has 3 aromatic rings. The third-order valence-corrected chi connectivity index (χ3v) is 4.14. The number of thioether (sulfide) groups is 1. The summed E-state index contributed by atoms with van der Waals surface area (Å²) in [5, 5.41) is 0.789. The molecule has 0 fully saturated rings. The van der Waals surface area contributed by atoms with E-state index in [2.05, 4.69) is 27.1 Å². The van der Waals surface area contributed by atoms with Crippen LogP contribution in [0.4, 0.5) is 0 Å². The zero-order valence-electron chi connectivity index (χ0n) is 14.0. The Balaban J connectivity index is 0.000000924. The Labute approximate surface area is 142 Å². The first kappa shape index (κ1) is 17.2. The summed E-state index contributed by atoms with van der Waals surface area (Å²) in [5.41, 5.74) is 4.21. The molecule has 0 atom stereocenters. The van der Waals surface area contributed by atoms with Crippen molar-refractivity contribution in [2.75, 3.05) is 0 Å². The van der Waals surface area contributed by atoms with Gasteiger partial charge in [0.15, 0.2) is 5.16 Å². The molecule has 2 heterocycles. The zero-order valence-corrected chi connectivity index (χ0v) is 14.8. The van der Waals surface area contributed by atoms with E-state index in [1.165, 1.54) is 5.56 Å². The Bertz CT molecular complexity index is 718. The van der Waals surface area contributed by atoms with E-state index >= 15 is 0 Å². The van der Waals surface area contributed by atoms with Gasteiger partial charge >= 0.3 is 0 Å². The SMILES string of the molecule is CC.Cc1ncn(C)c1-c1ccnc(SCc2ccccc2)n1. The first-order valence-electron chi connectivity index (χ1n) is 7.72. The normalized spacial score (nSPS) is 10.1. The second-order valence-corrected chi connectivity index (χ2v) is 5.73. The summed E-state index contributed by atoms with van der Waals surface area (Å²) in [7, 11) is 1.98. The summed E-state index contributed by atoms with van der Waals surface area (Å²) in [6, 6.07) is 12.3. The van der Waals surface area contributed by atoms with Gasteiger partial charge in [-0.15, -0.1) is 0 Å². The summed E-state index contributed by atoms with van der Waals surface area (Å²) in [6.07, 6.45) is 3.62.